The number of hydrogen-bond acceptors (Lipinski definition) is 4. The van der Waals surface area contributed by atoms with Crippen LogP contribution in [-0.2, 0) is 0 Å². The predicted octanol–water partition coefficient (Wildman–Crippen LogP) is 2.91. The molecule has 0 aromatic heterocycles. The minimum Gasteiger partial charge on any atom is -0.493 e. The first-order chi connectivity index (χ1) is 9.49. The molecule has 1 aromatic rings. The Hall–Kier alpha value is -1.55. The van der Waals surface area contributed by atoms with Gasteiger partial charge in [0.25, 0.3) is 0 Å². The van der Waals surface area contributed by atoms with E-state index in [1.165, 1.54) is 0 Å². The zero-order valence-electron chi connectivity index (χ0n) is 13.0. The van der Waals surface area contributed by atoms with Crippen LogP contribution in [0.5, 0.6) is 11.5 Å². The van der Waals surface area contributed by atoms with E-state index in [2.05, 4.69) is 19.2 Å². The Balaban J connectivity index is 2.71. The van der Waals surface area contributed by atoms with E-state index in [9.17, 15) is 4.79 Å². The highest BCUT2D eigenvalue weighted by Crippen LogP contribution is 2.27. The first kappa shape index (κ1) is 16.5. The van der Waals surface area contributed by atoms with Crippen LogP contribution in [0.2, 0.25) is 0 Å². The molecule has 0 amide bonds. The molecular formula is C16H25NO3. The van der Waals surface area contributed by atoms with Crippen molar-refractivity contribution in [3.63, 3.8) is 0 Å². The van der Waals surface area contributed by atoms with Crippen LogP contribution in [-0.4, -0.2) is 32.6 Å². The van der Waals surface area contributed by atoms with Crippen LogP contribution in [0.1, 0.15) is 37.6 Å². The Morgan fingerprint density at radius 3 is 2.35 bits per heavy atom. The summed E-state index contributed by atoms with van der Waals surface area (Å²) in [6, 6.07) is 5.05. The van der Waals surface area contributed by atoms with Crippen molar-refractivity contribution in [1.82, 2.24) is 5.32 Å². The Labute approximate surface area is 121 Å². The van der Waals surface area contributed by atoms with Gasteiger partial charge < -0.3 is 14.8 Å². The fourth-order valence-electron chi connectivity index (χ4n) is 1.92. The normalized spacial score (nSPS) is 12.3. The van der Waals surface area contributed by atoms with Gasteiger partial charge in [0.15, 0.2) is 17.3 Å². The van der Waals surface area contributed by atoms with Gasteiger partial charge in [0, 0.05) is 5.56 Å². The van der Waals surface area contributed by atoms with Crippen LogP contribution in [0, 0.1) is 5.92 Å². The number of ether oxygens (including phenoxy) is 2. The lowest BCUT2D eigenvalue weighted by Gasteiger charge is -2.15. The van der Waals surface area contributed by atoms with Crippen LogP contribution in [0.4, 0.5) is 0 Å². The van der Waals surface area contributed by atoms with Crippen LogP contribution in [0.25, 0.3) is 0 Å². The summed E-state index contributed by atoms with van der Waals surface area (Å²) in [4.78, 5) is 12.3. The molecule has 0 aliphatic rings. The number of ketones is 1. The molecule has 0 bridgehead atoms. The topological polar surface area (TPSA) is 47.6 Å². The minimum absolute atomic E-state index is 0.0645. The summed E-state index contributed by atoms with van der Waals surface area (Å²) < 4.78 is 10.4. The molecule has 4 heteroatoms. The van der Waals surface area contributed by atoms with E-state index >= 15 is 0 Å². The molecular weight excluding hydrogens is 254 g/mol. The van der Waals surface area contributed by atoms with Crippen LogP contribution in [0.3, 0.4) is 0 Å². The standard InChI is InChI=1S/C16H25NO3/c1-11(2)8-9-17-12(3)16(18)13-6-7-14(19-4)15(10-13)20-5/h6-7,10-12,17H,8-9H2,1-5H3. The van der Waals surface area contributed by atoms with Gasteiger partial charge in [-0.05, 0) is 44.0 Å². The second kappa shape index (κ2) is 7.90. The van der Waals surface area contributed by atoms with Gasteiger partial charge >= 0.3 is 0 Å². The molecule has 0 fully saturated rings. The third-order valence-corrected chi connectivity index (χ3v) is 3.23. The highest BCUT2D eigenvalue weighted by atomic mass is 16.5. The van der Waals surface area contributed by atoms with Gasteiger partial charge in [-0.25, -0.2) is 0 Å². The highest BCUT2D eigenvalue weighted by molar-refractivity contribution is 6.00. The van der Waals surface area contributed by atoms with Crippen molar-refractivity contribution < 1.29 is 14.3 Å². The summed E-state index contributed by atoms with van der Waals surface area (Å²) >= 11 is 0. The predicted molar refractivity (Wildman–Crippen MR) is 80.8 cm³/mol. The zero-order chi connectivity index (χ0) is 15.1. The molecule has 1 unspecified atom stereocenters. The summed E-state index contributed by atoms with van der Waals surface area (Å²) in [5.74, 6) is 1.90. The van der Waals surface area contributed by atoms with Gasteiger partial charge in [-0.1, -0.05) is 13.8 Å². The molecule has 1 N–H and O–H groups in total. The van der Waals surface area contributed by atoms with E-state index in [4.69, 9.17) is 9.47 Å². The summed E-state index contributed by atoms with van der Waals surface area (Å²) in [7, 11) is 3.14. The van der Waals surface area contributed by atoms with E-state index in [-0.39, 0.29) is 11.8 Å². The van der Waals surface area contributed by atoms with E-state index in [0.29, 0.717) is 23.0 Å². The lowest BCUT2D eigenvalue weighted by atomic mass is 10.0. The summed E-state index contributed by atoms with van der Waals surface area (Å²) in [5, 5.41) is 3.26. The van der Waals surface area contributed by atoms with Crippen molar-refractivity contribution in [3.8, 4) is 11.5 Å². The Morgan fingerprint density at radius 1 is 1.15 bits per heavy atom. The number of hydrogen-bond donors (Lipinski definition) is 1. The molecule has 0 saturated heterocycles. The SMILES string of the molecule is COc1ccc(C(=O)C(C)NCCC(C)C)cc1OC. The molecule has 1 aromatic carbocycles. The van der Waals surface area contributed by atoms with Gasteiger partial charge in [0.2, 0.25) is 0 Å². The molecule has 4 nitrogen and oxygen atoms in total. The molecule has 0 radical (unpaired) electrons. The maximum absolute atomic E-state index is 12.3. The molecule has 1 rings (SSSR count). The van der Waals surface area contributed by atoms with E-state index in [1.807, 2.05) is 6.92 Å². The first-order valence-corrected chi connectivity index (χ1v) is 6.99. The van der Waals surface area contributed by atoms with Gasteiger partial charge in [-0.15, -0.1) is 0 Å². The van der Waals surface area contributed by atoms with E-state index in [0.717, 1.165) is 13.0 Å². The maximum Gasteiger partial charge on any atom is 0.179 e. The molecule has 1 atom stereocenters. The Bertz CT molecular complexity index is 443. The third kappa shape index (κ3) is 4.53. The van der Waals surface area contributed by atoms with Crippen LogP contribution < -0.4 is 14.8 Å². The fourth-order valence-corrected chi connectivity index (χ4v) is 1.92. The molecule has 112 valence electrons. The van der Waals surface area contributed by atoms with Gasteiger partial charge in [-0.2, -0.15) is 0 Å². The van der Waals surface area contributed by atoms with Gasteiger partial charge in [0.1, 0.15) is 0 Å². The molecule has 0 aliphatic carbocycles. The largest absolute Gasteiger partial charge is 0.493 e. The quantitative estimate of drug-likeness (QED) is 0.743. The number of carbonyl (C=O) groups is 1. The number of rotatable bonds is 8. The highest BCUT2D eigenvalue weighted by Gasteiger charge is 2.16. The van der Waals surface area contributed by atoms with Crippen molar-refractivity contribution in [1.29, 1.82) is 0 Å². The summed E-state index contributed by atoms with van der Waals surface area (Å²) in [6.45, 7) is 7.07. The van der Waals surface area contributed by atoms with E-state index < -0.39 is 0 Å². The second-order valence-electron chi connectivity index (χ2n) is 5.29. The monoisotopic (exact) mass is 279 g/mol. The number of benzene rings is 1. The minimum atomic E-state index is -0.202. The molecule has 0 heterocycles. The van der Waals surface area contributed by atoms with Crippen molar-refractivity contribution in [2.24, 2.45) is 5.92 Å². The third-order valence-electron chi connectivity index (χ3n) is 3.23. The fraction of sp³-hybridized carbons (Fsp3) is 0.562. The van der Waals surface area contributed by atoms with Crippen molar-refractivity contribution in [2.45, 2.75) is 33.2 Å². The van der Waals surface area contributed by atoms with Crippen molar-refractivity contribution in [3.05, 3.63) is 23.8 Å². The summed E-state index contributed by atoms with van der Waals surface area (Å²) in [5.41, 5.74) is 0.632. The van der Waals surface area contributed by atoms with Crippen molar-refractivity contribution >= 4 is 5.78 Å². The number of Topliss-reactive ketones (excluding diaryl/α,β-unsaturated/α-hetero) is 1. The molecule has 0 saturated carbocycles. The molecule has 20 heavy (non-hydrogen) atoms. The summed E-state index contributed by atoms with van der Waals surface area (Å²) in [6.07, 6.45) is 1.06. The van der Waals surface area contributed by atoms with E-state index in [1.54, 1.807) is 32.4 Å². The Morgan fingerprint density at radius 2 is 1.80 bits per heavy atom. The van der Waals surface area contributed by atoms with Gasteiger partial charge in [0.05, 0.1) is 20.3 Å². The average molecular weight is 279 g/mol. The van der Waals surface area contributed by atoms with Crippen LogP contribution >= 0.6 is 0 Å². The smallest absolute Gasteiger partial charge is 0.179 e. The van der Waals surface area contributed by atoms with Crippen LogP contribution in [0.15, 0.2) is 18.2 Å². The lowest BCUT2D eigenvalue weighted by molar-refractivity contribution is 0.0950. The number of methoxy groups -OCH3 is 2. The maximum atomic E-state index is 12.3. The molecule has 0 aliphatic heterocycles. The Kier molecular flexibility index (Phi) is 6.52. The van der Waals surface area contributed by atoms with Crippen molar-refractivity contribution in [2.75, 3.05) is 20.8 Å². The average Bonchev–Trinajstić information content (AvgIpc) is 2.45. The number of carbonyl (C=O) groups excluding carboxylic acids is 1. The molecule has 0 spiro atoms. The first-order valence-electron chi connectivity index (χ1n) is 6.99. The lowest BCUT2D eigenvalue weighted by Crippen LogP contribution is -2.35. The second-order valence-corrected chi connectivity index (χ2v) is 5.29. The zero-order valence-corrected chi connectivity index (χ0v) is 13.0. The van der Waals surface area contributed by atoms with Gasteiger partial charge in [-0.3, -0.25) is 4.79 Å². The number of nitrogens with one attached hydrogen (secondary N) is 1.